The number of unbranched alkanes of at least 4 members (excludes halogenated alkanes) is 1. The molecule has 0 amide bonds. The number of nitrogens with zero attached hydrogens (tertiary/aromatic N) is 3. The molecule has 0 saturated heterocycles. The molecule has 0 radical (unpaired) electrons. The summed E-state index contributed by atoms with van der Waals surface area (Å²) in [6.07, 6.45) is -3.79. The van der Waals surface area contributed by atoms with Crippen molar-refractivity contribution in [1.29, 1.82) is 10.5 Å². The summed E-state index contributed by atoms with van der Waals surface area (Å²) in [6.45, 7) is 0. The van der Waals surface area contributed by atoms with E-state index in [9.17, 15) is 13.2 Å². The third kappa shape index (κ3) is 4.25. The van der Waals surface area contributed by atoms with Crippen molar-refractivity contribution in [3.8, 4) is 22.7 Å². The molecule has 0 atom stereocenters. The minimum absolute atomic E-state index is 0.0589. The maximum Gasteiger partial charge on any atom is 0.417 e. The average molecular weight is 353 g/mol. The first-order chi connectivity index (χ1) is 11.0. The molecule has 118 valence electrons. The first kappa shape index (κ1) is 17.3. The van der Waals surface area contributed by atoms with Crippen molar-refractivity contribution in [2.45, 2.75) is 24.0 Å². The molecule has 23 heavy (non-hydrogen) atoms. The highest BCUT2D eigenvalue weighted by molar-refractivity contribution is 7.99. The Balaban J connectivity index is 2.48. The summed E-state index contributed by atoms with van der Waals surface area (Å²) in [4.78, 5) is 4.84. The standard InChI is InChI=1S/C15H10F3N3S2/c16-15(17,18)11-8-12(13-4-3-7-22-13)21-14(10(11)9-20)23-6-2-1-5-19/h3-4,7-8H,1-2,6H2. The van der Waals surface area contributed by atoms with Crippen LogP contribution in [0.5, 0.6) is 0 Å². The first-order valence-electron chi connectivity index (χ1n) is 6.53. The molecule has 0 spiro atoms. The summed E-state index contributed by atoms with van der Waals surface area (Å²) in [7, 11) is 0. The van der Waals surface area contributed by atoms with Crippen LogP contribution in [0.25, 0.3) is 10.6 Å². The fourth-order valence-corrected chi connectivity index (χ4v) is 3.46. The van der Waals surface area contributed by atoms with Crippen LogP contribution in [-0.2, 0) is 6.18 Å². The van der Waals surface area contributed by atoms with Gasteiger partial charge in [0.2, 0.25) is 0 Å². The number of thiophene rings is 1. The monoisotopic (exact) mass is 353 g/mol. The molecule has 0 N–H and O–H groups in total. The number of hydrogen-bond acceptors (Lipinski definition) is 5. The van der Waals surface area contributed by atoms with Gasteiger partial charge in [-0.1, -0.05) is 6.07 Å². The van der Waals surface area contributed by atoms with E-state index in [1.807, 2.05) is 6.07 Å². The molecule has 2 aromatic rings. The first-order valence-corrected chi connectivity index (χ1v) is 8.40. The molecular formula is C15H10F3N3S2. The van der Waals surface area contributed by atoms with Gasteiger partial charge in [0.15, 0.2) is 0 Å². The van der Waals surface area contributed by atoms with Crippen LogP contribution in [0.1, 0.15) is 24.0 Å². The second kappa shape index (κ2) is 7.49. The molecule has 0 unspecified atom stereocenters. The van der Waals surface area contributed by atoms with Gasteiger partial charge in [-0.2, -0.15) is 23.7 Å². The maximum atomic E-state index is 13.3. The second-order valence-electron chi connectivity index (χ2n) is 4.43. The zero-order valence-electron chi connectivity index (χ0n) is 11.7. The lowest BCUT2D eigenvalue weighted by atomic mass is 10.1. The van der Waals surface area contributed by atoms with E-state index in [0.29, 0.717) is 23.5 Å². The highest BCUT2D eigenvalue weighted by Gasteiger charge is 2.36. The van der Waals surface area contributed by atoms with Crippen molar-refractivity contribution < 1.29 is 13.2 Å². The Morgan fingerprint density at radius 1 is 1.30 bits per heavy atom. The fourth-order valence-electron chi connectivity index (χ4n) is 1.83. The Bertz CT molecular complexity index is 756. The van der Waals surface area contributed by atoms with E-state index < -0.39 is 17.3 Å². The van der Waals surface area contributed by atoms with Crippen LogP contribution in [0, 0.1) is 22.7 Å². The Morgan fingerprint density at radius 2 is 2.09 bits per heavy atom. The zero-order chi connectivity index (χ0) is 16.9. The minimum atomic E-state index is -4.62. The highest BCUT2D eigenvalue weighted by Crippen LogP contribution is 2.38. The number of halogens is 3. The van der Waals surface area contributed by atoms with Crippen LogP contribution in [0.15, 0.2) is 28.6 Å². The van der Waals surface area contributed by atoms with E-state index in [-0.39, 0.29) is 10.7 Å². The molecule has 2 aromatic heterocycles. The predicted molar refractivity (Wildman–Crippen MR) is 82.8 cm³/mol. The van der Waals surface area contributed by atoms with Crippen molar-refractivity contribution in [3.05, 3.63) is 34.7 Å². The molecule has 0 aromatic carbocycles. The number of pyridine rings is 1. The lowest BCUT2D eigenvalue weighted by Crippen LogP contribution is -2.10. The van der Waals surface area contributed by atoms with Crippen molar-refractivity contribution in [3.63, 3.8) is 0 Å². The summed E-state index contributed by atoms with van der Waals surface area (Å²) in [6, 6.07) is 7.93. The molecule has 0 fully saturated rings. The summed E-state index contributed by atoms with van der Waals surface area (Å²) in [5.74, 6) is 0.431. The van der Waals surface area contributed by atoms with E-state index in [1.165, 1.54) is 11.3 Å². The van der Waals surface area contributed by atoms with Gasteiger partial charge in [-0.3, -0.25) is 0 Å². The van der Waals surface area contributed by atoms with Gasteiger partial charge in [-0.05, 0) is 23.9 Å². The largest absolute Gasteiger partial charge is 0.417 e. The summed E-state index contributed by atoms with van der Waals surface area (Å²) >= 11 is 2.36. The summed E-state index contributed by atoms with van der Waals surface area (Å²) in [5, 5.41) is 19.5. The van der Waals surface area contributed by atoms with Crippen molar-refractivity contribution in [2.75, 3.05) is 5.75 Å². The van der Waals surface area contributed by atoms with Gasteiger partial charge >= 0.3 is 6.18 Å². The smallest absolute Gasteiger partial charge is 0.239 e. The quantitative estimate of drug-likeness (QED) is 0.554. The van der Waals surface area contributed by atoms with E-state index in [4.69, 9.17) is 10.5 Å². The fraction of sp³-hybridized carbons (Fsp3) is 0.267. The highest BCUT2D eigenvalue weighted by atomic mass is 32.2. The third-order valence-corrected chi connectivity index (χ3v) is 4.80. The Morgan fingerprint density at radius 3 is 2.65 bits per heavy atom. The van der Waals surface area contributed by atoms with Gasteiger partial charge in [-0.15, -0.1) is 23.1 Å². The zero-order valence-corrected chi connectivity index (χ0v) is 13.4. The molecule has 3 nitrogen and oxygen atoms in total. The van der Waals surface area contributed by atoms with Gasteiger partial charge in [0, 0.05) is 12.2 Å². The number of thioether (sulfide) groups is 1. The van der Waals surface area contributed by atoms with Gasteiger partial charge in [-0.25, -0.2) is 4.98 Å². The third-order valence-electron chi connectivity index (χ3n) is 2.85. The van der Waals surface area contributed by atoms with E-state index in [0.717, 1.165) is 17.8 Å². The van der Waals surface area contributed by atoms with Crippen molar-refractivity contribution >= 4 is 23.1 Å². The Hall–Kier alpha value is -2.03. The van der Waals surface area contributed by atoms with Crippen LogP contribution in [0.3, 0.4) is 0 Å². The molecule has 0 aliphatic rings. The van der Waals surface area contributed by atoms with Crippen molar-refractivity contribution in [2.24, 2.45) is 0 Å². The molecule has 0 bridgehead atoms. The van der Waals surface area contributed by atoms with Gasteiger partial charge in [0.05, 0.1) is 27.8 Å². The molecule has 0 aliphatic heterocycles. The number of rotatable bonds is 5. The Labute approximate surface area is 139 Å². The van der Waals surface area contributed by atoms with Crippen LogP contribution in [0.2, 0.25) is 0 Å². The number of alkyl halides is 3. The van der Waals surface area contributed by atoms with E-state index in [1.54, 1.807) is 23.6 Å². The van der Waals surface area contributed by atoms with E-state index >= 15 is 0 Å². The molecule has 8 heteroatoms. The second-order valence-corrected chi connectivity index (χ2v) is 6.46. The molecule has 0 saturated carbocycles. The Kier molecular flexibility index (Phi) is 5.64. The lowest BCUT2D eigenvalue weighted by Gasteiger charge is -2.13. The maximum absolute atomic E-state index is 13.3. The molecule has 2 heterocycles. The van der Waals surface area contributed by atoms with Crippen LogP contribution in [0.4, 0.5) is 13.2 Å². The summed E-state index contributed by atoms with van der Waals surface area (Å²) in [5.41, 5.74) is -1.23. The van der Waals surface area contributed by atoms with Crippen LogP contribution >= 0.6 is 23.1 Å². The predicted octanol–water partition coefficient (Wildman–Crippen LogP) is 5.10. The van der Waals surface area contributed by atoms with Gasteiger partial charge < -0.3 is 0 Å². The SMILES string of the molecule is N#CCCCSc1nc(-c2cccs2)cc(C(F)(F)F)c1C#N. The van der Waals surface area contributed by atoms with Crippen LogP contribution < -0.4 is 0 Å². The number of nitriles is 2. The minimum Gasteiger partial charge on any atom is -0.239 e. The van der Waals surface area contributed by atoms with E-state index in [2.05, 4.69) is 4.98 Å². The molecule has 2 rings (SSSR count). The molecule has 0 aliphatic carbocycles. The van der Waals surface area contributed by atoms with Crippen molar-refractivity contribution in [1.82, 2.24) is 4.98 Å². The number of aromatic nitrogens is 1. The van der Waals surface area contributed by atoms with Gasteiger partial charge in [0.25, 0.3) is 0 Å². The lowest BCUT2D eigenvalue weighted by molar-refractivity contribution is -0.138. The average Bonchev–Trinajstić information content (AvgIpc) is 3.04. The topological polar surface area (TPSA) is 60.5 Å². The normalized spacial score (nSPS) is 11.0. The van der Waals surface area contributed by atoms with Crippen LogP contribution in [-0.4, -0.2) is 10.7 Å². The number of hydrogen-bond donors (Lipinski definition) is 0. The molecular weight excluding hydrogens is 343 g/mol. The summed E-state index contributed by atoms with van der Waals surface area (Å²) < 4.78 is 39.8. The van der Waals surface area contributed by atoms with Gasteiger partial charge in [0.1, 0.15) is 11.1 Å².